The molecular weight excluding hydrogens is 350 g/mol. The summed E-state index contributed by atoms with van der Waals surface area (Å²) < 4.78 is 0. The lowest BCUT2D eigenvalue weighted by Crippen LogP contribution is -2.40. The van der Waals surface area contributed by atoms with Gasteiger partial charge in [-0.3, -0.25) is 0 Å². The Morgan fingerprint density at radius 1 is 1.21 bits per heavy atom. The van der Waals surface area contributed by atoms with E-state index in [1.165, 1.54) is 6.42 Å². The Labute approximate surface area is 170 Å². The van der Waals surface area contributed by atoms with Crippen molar-refractivity contribution in [3.63, 3.8) is 0 Å². The third kappa shape index (κ3) is 5.14. The van der Waals surface area contributed by atoms with E-state index in [9.17, 15) is 15.0 Å². The molecule has 0 aromatic heterocycles. The summed E-state index contributed by atoms with van der Waals surface area (Å²) in [6.07, 6.45) is 18.9. The van der Waals surface area contributed by atoms with E-state index in [-0.39, 0.29) is 23.5 Å². The van der Waals surface area contributed by atoms with E-state index in [4.69, 9.17) is 0 Å². The molecule has 28 heavy (non-hydrogen) atoms. The molecule has 0 radical (unpaired) electrons. The zero-order valence-corrected chi connectivity index (χ0v) is 17.4. The highest BCUT2D eigenvalue weighted by atomic mass is 16.3. The summed E-state index contributed by atoms with van der Waals surface area (Å²) in [7, 11) is 0. The van der Waals surface area contributed by atoms with E-state index in [0.29, 0.717) is 30.7 Å². The molecule has 4 unspecified atom stereocenters. The first kappa shape index (κ1) is 21.7. The van der Waals surface area contributed by atoms with E-state index in [0.717, 1.165) is 57.8 Å². The first-order valence-electron chi connectivity index (χ1n) is 11.5. The van der Waals surface area contributed by atoms with Gasteiger partial charge in [0.15, 0.2) is 0 Å². The van der Waals surface area contributed by atoms with Crippen LogP contribution >= 0.6 is 0 Å². The van der Waals surface area contributed by atoms with Crippen LogP contribution in [0.5, 0.6) is 0 Å². The summed E-state index contributed by atoms with van der Waals surface area (Å²) in [5.74, 6) is 1.16. The number of allylic oxidation sites excluding steroid dienone is 2. The highest BCUT2D eigenvalue weighted by molar-refractivity contribution is 5.49. The number of aliphatic hydroxyl groups excluding tert-OH is 2. The lowest BCUT2D eigenvalue weighted by molar-refractivity contribution is -0.107. The molecule has 3 aliphatic rings. The van der Waals surface area contributed by atoms with Gasteiger partial charge >= 0.3 is 0 Å². The van der Waals surface area contributed by atoms with Crippen molar-refractivity contribution < 1.29 is 15.0 Å². The molecule has 0 spiro atoms. The Morgan fingerprint density at radius 2 is 2.00 bits per heavy atom. The minimum Gasteiger partial charge on any atom is -0.392 e. The number of aliphatic hydroxyl groups is 2. The molecule has 2 saturated carbocycles. The van der Waals surface area contributed by atoms with Crippen molar-refractivity contribution in [2.24, 2.45) is 23.2 Å². The predicted molar refractivity (Wildman–Crippen MR) is 113 cm³/mol. The maximum Gasteiger partial charge on any atom is 0.120 e. The van der Waals surface area contributed by atoms with E-state index < -0.39 is 0 Å². The fourth-order valence-electron chi connectivity index (χ4n) is 5.48. The van der Waals surface area contributed by atoms with E-state index in [1.54, 1.807) is 0 Å². The van der Waals surface area contributed by atoms with Gasteiger partial charge in [0, 0.05) is 24.9 Å². The molecule has 1 saturated heterocycles. The van der Waals surface area contributed by atoms with Gasteiger partial charge < -0.3 is 20.3 Å². The van der Waals surface area contributed by atoms with E-state index in [1.807, 2.05) is 0 Å². The Kier molecular flexibility index (Phi) is 7.90. The van der Waals surface area contributed by atoms with Gasteiger partial charge in [-0.2, -0.15) is 0 Å². The number of carbonyl (C=O) groups excluding carboxylic acids is 1. The van der Waals surface area contributed by atoms with Crippen LogP contribution < -0.4 is 5.32 Å². The van der Waals surface area contributed by atoms with Gasteiger partial charge in [-0.15, -0.1) is 0 Å². The Morgan fingerprint density at radius 3 is 2.61 bits per heavy atom. The van der Waals surface area contributed by atoms with Gasteiger partial charge in [0.2, 0.25) is 0 Å². The third-order valence-corrected chi connectivity index (χ3v) is 7.70. The quantitative estimate of drug-likeness (QED) is 0.205. The van der Waals surface area contributed by atoms with Crippen molar-refractivity contribution in [2.75, 3.05) is 6.54 Å². The Hall–Kier alpha value is -0.970. The van der Waals surface area contributed by atoms with Crippen molar-refractivity contribution >= 4 is 6.29 Å². The minimum absolute atomic E-state index is 0.142. The van der Waals surface area contributed by atoms with Gasteiger partial charge in [-0.05, 0) is 68.6 Å². The number of hydrogen-bond acceptors (Lipinski definition) is 4. The van der Waals surface area contributed by atoms with Crippen LogP contribution in [0.1, 0.15) is 71.1 Å². The molecular formula is C24H39NO3. The summed E-state index contributed by atoms with van der Waals surface area (Å²) >= 11 is 0. The summed E-state index contributed by atoms with van der Waals surface area (Å²) in [5, 5.41) is 24.8. The topological polar surface area (TPSA) is 79.5 Å². The second-order valence-corrected chi connectivity index (χ2v) is 9.28. The molecule has 0 amide bonds. The van der Waals surface area contributed by atoms with Crippen LogP contribution in [0.3, 0.4) is 0 Å². The standard InChI is InChI=1S/C24H39NO3/c1-2-24(13-9-14-24)23(28)12-8-11-19-18(10-6-4-3-5-7-15-26)20(16-22(19)27)21-17-25-21/h4,6,8,11,15,18-23,25,27-28H,2-3,5,7,9-10,12-14,16-17H2,1H3/b6-4-,11-8+/t18-,19?,20?,21?,22-,23?/m1/s1. The highest BCUT2D eigenvalue weighted by Gasteiger charge is 2.47. The smallest absolute Gasteiger partial charge is 0.120 e. The molecule has 0 aromatic carbocycles. The van der Waals surface area contributed by atoms with Crippen LogP contribution in [0, 0.1) is 23.2 Å². The monoisotopic (exact) mass is 389 g/mol. The maximum absolute atomic E-state index is 10.7. The third-order valence-electron chi connectivity index (χ3n) is 7.70. The van der Waals surface area contributed by atoms with Crippen molar-refractivity contribution in [2.45, 2.75) is 89.4 Å². The van der Waals surface area contributed by atoms with E-state index >= 15 is 0 Å². The summed E-state index contributed by atoms with van der Waals surface area (Å²) in [4.78, 5) is 10.4. The normalized spacial score (nSPS) is 35.3. The fraction of sp³-hybridized carbons (Fsp3) is 0.792. The Bertz CT molecular complexity index is 545. The molecule has 3 fully saturated rings. The van der Waals surface area contributed by atoms with Crippen molar-refractivity contribution in [1.29, 1.82) is 0 Å². The van der Waals surface area contributed by atoms with Crippen LogP contribution in [0.2, 0.25) is 0 Å². The number of carbonyl (C=O) groups is 1. The van der Waals surface area contributed by atoms with Gasteiger partial charge in [0.25, 0.3) is 0 Å². The summed E-state index contributed by atoms with van der Waals surface area (Å²) in [5.41, 5.74) is 0.142. The number of rotatable bonds is 12. The molecule has 4 heteroatoms. The predicted octanol–water partition coefficient (Wildman–Crippen LogP) is 3.77. The van der Waals surface area contributed by atoms with Gasteiger partial charge in [0.1, 0.15) is 6.29 Å². The molecule has 1 aliphatic heterocycles. The van der Waals surface area contributed by atoms with E-state index in [2.05, 4.69) is 36.5 Å². The Balaban J connectivity index is 1.56. The molecule has 6 atom stereocenters. The van der Waals surface area contributed by atoms with Crippen molar-refractivity contribution in [3.8, 4) is 0 Å². The fourth-order valence-corrected chi connectivity index (χ4v) is 5.48. The van der Waals surface area contributed by atoms with Gasteiger partial charge in [0.05, 0.1) is 12.2 Å². The van der Waals surface area contributed by atoms with Gasteiger partial charge in [-0.25, -0.2) is 0 Å². The zero-order valence-electron chi connectivity index (χ0n) is 17.4. The average Bonchev–Trinajstić information content (AvgIpc) is 3.44. The molecule has 158 valence electrons. The minimum atomic E-state index is -0.280. The van der Waals surface area contributed by atoms with Crippen molar-refractivity contribution in [3.05, 3.63) is 24.3 Å². The molecule has 3 rings (SSSR count). The van der Waals surface area contributed by atoms with Crippen LogP contribution in [0.15, 0.2) is 24.3 Å². The van der Waals surface area contributed by atoms with Crippen LogP contribution in [0.25, 0.3) is 0 Å². The second-order valence-electron chi connectivity index (χ2n) is 9.28. The molecule has 0 aromatic rings. The molecule has 4 nitrogen and oxygen atoms in total. The summed E-state index contributed by atoms with van der Waals surface area (Å²) in [6.45, 7) is 3.27. The van der Waals surface area contributed by atoms with Crippen LogP contribution in [-0.2, 0) is 4.79 Å². The SMILES string of the molecule is CCC1(C(O)C/C=C/C2[C@@H](C/C=C\CCCC=O)C(C3CN3)C[C@H]2O)CCC1. The van der Waals surface area contributed by atoms with Crippen molar-refractivity contribution in [1.82, 2.24) is 5.32 Å². The highest BCUT2D eigenvalue weighted by Crippen LogP contribution is 2.48. The number of unbranched alkanes of at least 4 members (excludes halogenated alkanes) is 2. The van der Waals surface area contributed by atoms with Crippen LogP contribution in [0.4, 0.5) is 0 Å². The molecule has 1 heterocycles. The zero-order chi connectivity index (χ0) is 20.0. The lowest BCUT2D eigenvalue weighted by Gasteiger charge is -2.45. The van der Waals surface area contributed by atoms with Crippen LogP contribution in [-0.4, -0.2) is 41.3 Å². The largest absolute Gasteiger partial charge is 0.392 e. The molecule has 2 aliphatic carbocycles. The molecule has 0 bridgehead atoms. The number of aldehydes is 1. The molecule has 3 N–H and O–H groups in total. The second kappa shape index (κ2) is 10.2. The maximum atomic E-state index is 10.7. The number of nitrogens with one attached hydrogen (secondary N) is 1. The lowest BCUT2D eigenvalue weighted by atomic mass is 9.63. The number of hydrogen-bond donors (Lipinski definition) is 3. The summed E-state index contributed by atoms with van der Waals surface area (Å²) in [6, 6.07) is 0.561. The first-order valence-corrected chi connectivity index (χ1v) is 11.5. The first-order chi connectivity index (χ1) is 13.6. The van der Waals surface area contributed by atoms with Gasteiger partial charge in [-0.1, -0.05) is 37.6 Å². The average molecular weight is 390 g/mol.